The summed E-state index contributed by atoms with van der Waals surface area (Å²) in [6.07, 6.45) is 4.27. The molecule has 1 unspecified atom stereocenters. The first-order chi connectivity index (χ1) is 10.4. The van der Waals surface area contributed by atoms with Crippen LogP contribution in [0.5, 0.6) is 0 Å². The number of rotatable bonds is 3. The minimum atomic E-state index is 0.489. The van der Waals surface area contributed by atoms with Crippen LogP contribution in [0.3, 0.4) is 0 Å². The number of anilines is 1. The highest BCUT2D eigenvalue weighted by atomic mass is 32.1. The quantitative estimate of drug-likeness (QED) is 0.883. The largest absolute Gasteiger partial charge is 0.358 e. The van der Waals surface area contributed by atoms with Crippen molar-refractivity contribution in [3.05, 3.63) is 47.5 Å². The highest BCUT2D eigenvalue weighted by Gasteiger charge is 2.19. The Morgan fingerprint density at radius 2 is 2.24 bits per heavy atom. The summed E-state index contributed by atoms with van der Waals surface area (Å²) in [5, 5.41) is 6.55. The fraction of sp³-hybridized carbons (Fsp3) is 0.353. The van der Waals surface area contributed by atoms with Gasteiger partial charge in [0.2, 0.25) is 0 Å². The first kappa shape index (κ1) is 14.1. The van der Waals surface area contributed by atoms with E-state index < -0.39 is 0 Å². The van der Waals surface area contributed by atoms with E-state index in [1.807, 2.05) is 29.8 Å². The molecule has 0 spiro atoms. The van der Waals surface area contributed by atoms with E-state index >= 15 is 0 Å². The SMILES string of the molecule is C(#Cc1ccccc1)CN1CCCC(Nc2nccs2)C1. The van der Waals surface area contributed by atoms with Crippen molar-refractivity contribution in [2.75, 3.05) is 25.0 Å². The fourth-order valence-corrected chi connectivity index (χ4v) is 3.17. The van der Waals surface area contributed by atoms with Gasteiger partial charge in [-0.25, -0.2) is 4.98 Å². The van der Waals surface area contributed by atoms with E-state index in [4.69, 9.17) is 0 Å². The topological polar surface area (TPSA) is 28.2 Å². The van der Waals surface area contributed by atoms with Crippen molar-refractivity contribution in [3.63, 3.8) is 0 Å². The Morgan fingerprint density at radius 3 is 3.05 bits per heavy atom. The van der Waals surface area contributed by atoms with Gasteiger partial charge in [0.05, 0.1) is 6.54 Å². The number of hydrogen-bond donors (Lipinski definition) is 1. The third-order valence-electron chi connectivity index (χ3n) is 3.57. The maximum Gasteiger partial charge on any atom is 0.182 e. The summed E-state index contributed by atoms with van der Waals surface area (Å²) in [6, 6.07) is 10.7. The molecule has 1 aliphatic heterocycles. The van der Waals surface area contributed by atoms with Crippen LogP contribution in [-0.2, 0) is 0 Å². The van der Waals surface area contributed by atoms with E-state index in [1.54, 1.807) is 11.3 Å². The van der Waals surface area contributed by atoms with Crippen molar-refractivity contribution in [2.24, 2.45) is 0 Å². The first-order valence-corrected chi connectivity index (χ1v) is 8.20. The monoisotopic (exact) mass is 297 g/mol. The number of hydrogen-bond acceptors (Lipinski definition) is 4. The van der Waals surface area contributed by atoms with Crippen LogP contribution >= 0.6 is 11.3 Å². The van der Waals surface area contributed by atoms with Gasteiger partial charge in [-0.15, -0.1) is 11.3 Å². The van der Waals surface area contributed by atoms with Crippen LogP contribution in [0.4, 0.5) is 5.13 Å². The van der Waals surface area contributed by atoms with Gasteiger partial charge in [-0.3, -0.25) is 4.90 Å². The Labute approximate surface area is 130 Å². The predicted molar refractivity (Wildman–Crippen MR) is 88.5 cm³/mol. The Balaban J connectivity index is 1.51. The molecule has 0 saturated carbocycles. The fourth-order valence-electron chi connectivity index (χ4n) is 2.56. The molecule has 3 rings (SSSR count). The molecule has 1 fully saturated rings. The van der Waals surface area contributed by atoms with Gasteiger partial charge < -0.3 is 5.32 Å². The van der Waals surface area contributed by atoms with Gasteiger partial charge in [0, 0.05) is 29.7 Å². The Hall–Kier alpha value is -1.83. The van der Waals surface area contributed by atoms with Crippen molar-refractivity contribution in [2.45, 2.75) is 18.9 Å². The number of thiazole rings is 1. The second-order valence-corrected chi connectivity index (χ2v) is 6.12. The standard InChI is InChI=1S/C17H19N3S/c1-2-6-15(7-3-1)8-4-11-20-12-5-9-16(14-20)19-17-18-10-13-21-17/h1-3,6-7,10,13,16H,5,9,11-12,14H2,(H,18,19). The molecule has 4 heteroatoms. The van der Waals surface area contributed by atoms with Crippen molar-refractivity contribution in [1.29, 1.82) is 0 Å². The van der Waals surface area contributed by atoms with Gasteiger partial charge in [-0.05, 0) is 31.5 Å². The minimum Gasteiger partial charge on any atom is -0.358 e. The Morgan fingerprint density at radius 1 is 1.33 bits per heavy atom. The molecule has 1 aromatic carbocycles. The molecule has 1 aromatic heterocycles. The van der Waals surface area contributed by atoms with Crippen molar-refractivity contribution in [3.8, 4) is 11.8 Å². The van der Waals surface area contributed by atoms with Crippen molar-refractivity contribution >= 4 is 16.5 Å². The van der Waals surface area contributed by atoms with Gasteiger partial charge in [0.15, 0.2) is 5.13 Å². The molecular weight excluding hydrogens is 278 g/mol. The molecule has 2 heterocycles. The third kappa shape index (κ3) is 4.32. The molecule has 0 bridgehead atoms. The van der Waals surface area contributed by atoms with E-state index in [9.17, 15) is 0 Å². The second-order valence-electron chi connectivity index (χ2n) is 5.22. The summed E-state index contributed by atoms with van der Waals surface area (Å²) in [5.74, 6) is 6.52. The highest BCUT2D eigenvalue weighted by Crippen LogP contribution is 2.17. The van der Waals surface area contributed by atoms with Gasteiger partial charge >= 0.3 is 0 Å². The number of benzene rings is 1. The summed E-state index contributed by atoms with van der Waals surface area (Å²) >= 11 is 1.66. The zero-order valence-corrected chi connectivity index (χ0v) is 12.8. The van der Waals surface area contributed by atoms with Gasteiger partial charge in [0.1, 0.15) is 0 Å². The average molecular weight is 297 g/mol. The molecule has 3 nitrogen and oxygen atoms in total. The maximum absolute atomic E-state index is 4.30. The van der Waals surface area contributed by atoms with Crippen LogP contribution in [0.2, 0.25) is 0 Å². The molecule has 21 heavy (non-hydrogen) atoms. The molecule has 0 aliphatic carbocycles. The number of likely N-dealkylation sites (tertiary alicyclic amines) is 1. The second kappa shape index (κ2) is 7.26. The lowest BCUT2D eigenvalue weighted by molar-refractivity contribution is 0.240. The lowest BCUT2D eigenvalue weighted by Gasteiger charge is -2.31. The van der Waals surface area contributed by atoms with Crippen LogP contribution in [0.15, 0.2) is 41.9 Å². The molecule has 108 valence electrons. The van der Waals surface area contributed by atoms with Crippen LogP contribution in [0.25, 0.3) is 0 Å². The molecule has 1 saturated heterocycles. The zero-order chi connectivity index (χ0) is 14.3. The van der Waals surface area contributed by atoms with E-state index in [0.29, 0.717) is 6.04 Å². The van der Waals surface area contributed by atoms with Crippen LogP contribution in [0.1, 0.15) is 18.4 Å². The summed E-state index contributed by atoms with van der Waals surface area (Å²) < 4.78 is 0. The summed E-state index contributed by atoms with van der Waals surface area (Å²) in [5.41, 5.74) is 1.09. The molecule has 1 aliphatic rings. The number of aromatic nitrogens is 1. The highest BCUT2D eigenvalue weighted by molar-refractivity contribution is 7.13. The normalized spacial score (nSPS) is 18.8. The van der Waals surface area contributed by atoms with E-state index in [-0.39, 0.29) is 0 Å². The van der Waals surface area contributed by atoms with Crippen molar-refractivity contribution < 1.29 is 0 Å². The molecule has 2 aromatic rings. The lowest BCUT2D eigenvalue weighted by Crippen LogP contribution is -2.42. The average Bonchev–Trinajstić information content (AvgIpc) is 3.02. The molecular formula is C17H19N3S. The van der Waals surface area contributed by atoms with E-state index in [2.05, 4.69) is 39.2 Å². The summed E-state index contributed by atoms with van der Waals surface area (Å²) in [6.45, 7) is 3.02. The lowest BCUT2D eigenvalue weighted by atomic mass is 10.1. The van der Waals surface area contributed by atoms with Crippen molar-refractivity contribution in [1.82, 2.24) is 9.88 Å². The maximum atomic E-state index is 4.30. The van der Waals surface area contributed by atoms with Crippen LogP contribution in [-0.4, -0.2) is 35.6 Å². The Kier molecular flexibility index (Phi) is 4.88. The zero-order valence-electron chi connectivity index (χ0n) is 12.0. The molecule has 0 radical (unpaired) electrons. The van der Waals surface area contributed by atoms with Gasteiger partial charge in [0.25, 0.3) is 0 Å². The number of piperidine rings is 1. The molecule has 0 amide bonds. The molecule has 1 N–H and O–H groups in total. The minimum absolute atomic E-state index is 0.489. The smallest absolute Gasteiger partial charge is 0.182 e. The third-order valence-corrected chi connectivity index (χ3v) is 4.28. The predicted octanol–water partition coefficient (Wildman–Crippen LogP) is 3.07. The summed E-state index contributed by atoms with van der Waals surface area (Å²) in [4.78, 5) is 6.72. The molecule has 1 atom stereocenters. The number of nitrogens with one attached hydrogen (secondary N) is 1. The van der Waals surface area contributed by atoms with Gasteiger partial charge in [-0.1, -0.05) is 30.0 Å². The first-order valence-electron chi connectivity index (χ1n) is 7.32. The summed E-state index contributed by atoms with van der Waals surface area (Å²) in [7, 11) is 0. The van der Waals surface area contributed by atoms with Crippen LogP contribution in [0, 0.1) is 11.8 Å². The number of nitrogens with zero attached hydrogens (tertiary/aromatic N) is 2. The van der Waals surface area contributed by atoms with Crippen LogP contribution < -0.4 is 5.32 Å². The van der Waals surface area contributed by atoms with E-state index in [1.165, 1.54) is 12.8 Å². The van der Waals surface area contributed by atoms with Gasteiger partial charge in [-0.2, -0.15) is 0 Å². The van der Waals surface area contributed by atoms with E-state index in [0.717, 1.165) is 30.3 Å². The Bertz CT molecular complexity index is 598.